The van der Waals surface area contributed by atoms with Crippen molar-refractivity contribution in [1.82, 2.24) is 5.32 Å². The van der Waals surface area contributed by atoms with Gasteiger partial charge < -0.3 is 10.1 Å². The molecule has 0 aliphatic heterocycles. The number of unbranched alkanes of at least 4 members (excludes halogenated alkanes) is 1. The highest BCUT2D eigenvalue weighted by Gasteiger charge is 2.10. The van der Waals surface area contributed by atoms with Crippen molar-refractivity contribution in [1.29, 1.82) is 0 Å². The number of hydrogen-bond acceptors (Lipinski definition) is 2. The molecular weight excluding hydrogens is 257 g/mol. The van der Waals surface area contributed by atoms with Crippen LogP contribution in [0.1, 0.15) is 18.4 Å². The Kier molecular flexibility index (Phi) is 6.21. The van der Waals surface area contributed by atoms with Gasteiger partial charge in [-0.15, -0.1) is 12.3 Å². The van der Waals surface area contributed by atoms with Gasteiger partial charge in [0.2, 0.25) is 0 Å². The highest BCUT2D eigenvalue weighted by atomic mass is 35.5. The Balaban J connectivity index is 2.77. The van der Waals surface area contributed by atoms with E-state index in [1.165, 1.54) is 0 Å². The van der Waals surface area contributed by atoms with E-state index in [2.05, 4.69) is 11.2 Å². The quantitative estimate of drug-likeness (QED) is 0.632. The fourth-order valence-electron chi connectivity index (χ4n) is 1.45. The standard InChI is InChI=1S/C13H15Cl2NO/c1-3-4-5-6-17-13-10(9-16-2)7-11(14)8-12(13)15/h1,7-8,16H,4-6,9H2,2H3. The first-order valence-corrected chi connectivity index (χ1v) is 6.13. The largest absolute Gasteiger partial charge is 0.492 e. The summed E-state index contributed by atoms with van der Waals surface area (Å²) in [5.74, 6) is 3.25. The minimum atomic E-state index is 0.531. The highest BCUT2D eigenvalue weighted by molar-refractivity contribution is 6.35. The summed E-state index contributed by atoms with van der Waals surface area (Å²) >= 11 is 12.1. The third kappa shape index (κ3) is 4.47. The summed E-state index contributed by atoms with van der Waals surface area (Å²) in [4.78, 5) is 0. The molecule has 0 aliphatic carbocycles. The van der Waals surface area contributed by atoms with Gasteiger partial charge in [0, 0.05) is 23.6 Å². The molecule has 0 saturated heterocycles. The first-order valence-electron chi connectivity index (χ1n) is 5.37. The Morgan fingerprint density at radius 2 is 2.18 bits per heavy atom. The van der Waals surface area contributed by atoms with Crippen LogP contribution in [0.15, 0.2) is 12.1 Å². The van der Waals surface area contributed by atoms with E-state index >= 15 is 0 Å². The summed E-state index contributed by atoms with van der Waals surface area (Å²) < 4.78 is 5.65. The molecule has 0 unspecified atom stereocenters. The molecular formula is C13H15Cl2NO. The molecule has 1 N–H and O–H groups in total. The van der Waals surface area contributed by atoms with Crippen molar-refractivity contribution in [3.63, 3.8) is 0 Å². The van der Waals surface area contributed by atoms with Crippen LogP contribution in [0.2, 0.25) is 10.0 Å². The summed E-state index contributed by atoms with van der Waals surface area (Å²) in [5.41, 5.74) is 0.950. The molecule has 0 heterocycles. The van der Waals surface area contributed by atoms with Gasteiger partial charge in [-0.2, -0.15) is 0 Å². The number of halogens is 2. The molecule has 0 atom stereocenters. The van der Waals surface area contributed by atoms with Crippen LogP contribution in [0.5, 0.6) is 5.75 Å². The van der Waals surface area contributed by atoms with Crippen LogP contribution in [-0.2, 0) is 6.54 Å². The van der Waals surface area contributed by atoms with Crippen molar-refractivity contribution in [2.24, 2.45) is 0 Å². The van der Waals surface area contributed by atoms with Crippen LogP contribution >= 0.6 is 23.2 Å². The molecule has 1 rings (SSSR count). The Hall–Kier alpha value is -0.880. The second kappa shape index (κ2) is 7.45. The van der Waals surface area contributed by atoms with Crippen LogP contribution < -0.4 is 10.1 Å². The molecule has 0 amide bonds. The van der Waals surface area contributed by atoms with Gasteiger partial charge in [0.05, 0.1) is 11.6 Å². The number of benzene rings is 1. The van der Waals surface area contributed by atoms with Gasteiger partial charge in [0.25, 0.3) is 0 Å². The average molecular weight is 272 g/mol. The molecule has 0 fully saturated rings. The molecule has 1 aromatic carbocycles. The first kappa shape index (κ1) is 14.2. The van der Waals surface area contributed by atoms with Crippen molar-refractivity contribution in [2.75, 3.05) is 13.7 Å². The van der Waals surface area contributed by atoms with E-state index in [0.29, 0.717) is 35.4 Å². The summed E-state index contributed by atoms with van der Waals surface area (Å²) in [5, 5.41) is 4.19. The molecule has 1 aromatic rings. The second-order valence-electron chi connectivity index (χ2n) is 3.56. The lowest BCUT2D eigenvalue weighted by molar-refractivity contribution is 0.309. The summed E-state index contributed by atoms with van der Waals surface area (Å²) in [6.07, 6.45) is 6.69. The highest BCUT2D eigenvalue weighted by Crippen LogP contribution is 2.32. The fraction of sp³-hybridized carbons (Fsp3) is 0.385. The number of ether oxygens (including phenoxy) is 1. The number of nitrogens with one attached hydrogen (secondary N) is 1. The maximum Gasteiger partial charge on any atom is 0.142 e. The number of rotatable bonds is 6. The van der Waals surface area contributed by atoms with E-state index < -0.39 is 0 Å². The predicted molar refractivity (Wildman–Crippen MR) is 72.8 cm³/mol. The first-order chi connectivity index (χ1) is 8.19. The summed E-state index contributed by atoms with van der Waals surface area (Å²) in [7, 11) is 1.86. The van der Waals surface area contributed by atoms with Crippen molar-refractivity contribution >= 4 is 23.2 Å². The number of terminal acetylenes is 1. The second-order valence-corrected chi connectivity index (χ2v) is 4.41. The van der Waals surface area contributed by atoms with Gasteiger partial charge in [-0.1, -0.05) is 23.2 Å². The van der Waals surface area contributed by atoms with Crippen molar-refractivity contribution in [2.45, 2.75) is 19.4 Å². The molecule has 92 valence electrons. The molecule has 4 heteroatoms. The number of hydrogen-bond donors (Lipinski definition) is 1. The Morgan fingerprint density at radius 3 is 2.82 bits per heavy atom. The zero-order valence-corrected chi connectivity index (χ0v) is 11.2. The Labute approximate surface area is 112 Å². The molecule has 0 aliphatic rings. The lowest BCUT2D eigenvalue weighted by Crippen LogP contribution is -2.08. The summed E-state index contributed by atoms with van der Waals surface area (Å²) in [6.45, 7) is 1.22. The molecule has 17 heavy (non-hydrogen) atoms. The maximum absolute atomic E-state index is 6.11. The van der Waals surface area contributed by atoms with Crippen LogP contribution in [-0.4, -0.2) is 13.7 Å². The summed E-state index contributed by atoms with van der Waals surface area (Å²) in [6, 6.07) is 3.53. The maximum atomic E-state index is 6.11. The van der Waals surface area contributed by atoms with Gasteiger partial charge in [0.15, 0.2) is 0 Å². The van der Waals surface area contributed by atoms with Crippen LogP contribution in [0.3, 0.4) is 0 Å². The molecule has 0 aromatic heterocycles. The monoisotopic (exact) mass is 271 g/mol. The van der Waals surface area contributed by atoms with Gasteiger partial charge >= 0.3 is 0 Å². The normalized spacial score (nSPS) is 10.0. The van der Waals surface area contributed by atoms with E-state index in [4.69, 9.17) is 34.4 Å². The van der Waals surface area contributed by atoms with Crippen LogP contribution in [0.25, 0.3) is 0 Å². The predicted octanol–water partition coefficient (Wildman–Crippen LogP) is 3.51. The zero-order chi connectivity index (χ0) is 12.7. The van der Waals surface area contributed by atoms with Gasteiger partial charge in [0.1, 0.15) is 5.75 Å². The van der Waals surface area contributed by atoms with Crippen molar-refractivity contribution in [3.05, 3.63) is 27.7 Å². The van der Waals surface area contributed by atoms with E-state index in [1.54, 1.807) is 6.07 Å². The lowest BCUT2D eigenvalue weighted by atomic mass is 10.2. The molecule has 0 saturated carbocycles. The minimum Gasteiger partial charge on any atom is -0.492 e. The molecule has 0 radical (unpaired) electrons. The molecule has 0 bridgehead atoms. The molecule has 2 nitrogen and oxygen atoms in total. The van der Waals surface area contributed by atoms with Crippen LogP contribution in [0, 0.1) is 12.3 Å². The topological polar surface area (TPSA) is 21.3 Å². The smallest absolute Gasteiger partial charge is 0.142 e. The van der Waals surface area contributed by atoms with E-state index in [0.717, 1.165) is 12.0 Å². The SMILES string of the molecule is C#CCCCOc1c(Cl)cc(Cl)cc1CNC. The van der Waals surface area contributed by atoms with Gasteiger partial charge in [-0.3, -0.25) is 0 Å². The van der Waals surface area contributed by atoms with E-state index in [-0.39, 0.29) is 0 Å². The van der Waals surface area contributed by atoms with Crippen molar-refractivity contribution < 1.29 is 4.74 Å². The van der Waals surface area contributed by atoms with Crippen LogP contribution in [0.4, 0.5) is 0 Å². The van der Waals surface area contributed by atoms with Crippen molar-refractivity contribution in [3.8, 4) is 18.1 Å². The van der Waals surface area contributed by atoms with E-state index in [1.807, 2.05) is 13.1 Å². The van der Waals surface area contributed by atoms with Gasteiger partial charge in [-0.25, -0.2) is 0 Å². The fourth-order valence-corrected chi connectivity index (χ4v) is 2.04. The third-order valence-electron chi connectivity index (χ3n) is 2.16. The zero-order valence-electron chi connectivity index (χ0n) is 9.72. The minimum absolute atomic E-state index is 0.531. The lowest BCUT2D eigenvalue weighted by Gasteiger charge is -2.13. The Morgan fingerprint density at radius 1 is 1.41 bits per heavy atom. The Bertz CT molecular complexity index is 413. The third-order valence-corrected chi connectivity index (χ3v) is 2.66. The van der Waals surface area contributed by atoms with E-state index in [9.17, 15) is 0 Å². The molecule has 0 spiro atoms. The van der Waals surface area contributed by atoms with Gasteiger partial charge in [-0.05, 0) is 25.6 Å². The average Bonchev–Trinajstić information content (AvgIpc) is 2.27.